The molecule has 0 radical (unpaired) electrons. The summed E-state index contributed by atoms with van der Waals surface area (Å²) in [6.07, 6.45) is 3.08. The highest BCUT2D eigenvalue weighted by Gasteiger charge is 2.13. The van der Waals surface area contributed by atoms with Crippen LogP contribution in [0, 0.1) is 0 Å². The molecule has 0 aliphatic carbocycles. The van der Waals surface area contributed by atoms with Gasteiger partial charge in [0.1, 0.15) is 5.75 Å². The van der Waals surface area contributed by atoms with E-state index < -0.39 is 0 Å². The van der Waals surface area contributed by atoms with Crippen LogP contribution in [0.5, 0.6) is 5.75 Å². The van der Waals surface area contributed by atoms with Gasteiger partial charge in [-0.15, -0.1) is 0 Å². The van der Waals surface area contributed by atoms with Gasteiger partial charge in [0.25, 0.3) is 5.91 Å². The summed E-state index contributed by atoms with van der Waals surface area (Å²) in [6.45, 7) is 0.396. The van der Waals surface area contributed by atoms with Gasteiger partial charge in [-0.1, -0.05) is 42.5 Å². The third-order valence-electron chi connectivity index (χ3n) is 3.61. The quantitative estimate of drug-likeness (QED) is 0.802. The Morgan fingerprint density at radius 3 is 2.42 bits per heavy atom. The second-order valence-corrected chi connectivity index (χ2v) is 5.49. The fourth-order valence-electron chi connectivity index (χ4n) is 2.40. The van der Waals surface area contributed by atoms with Crippen LogP contribution in [0.4, 0.5) is 0 Å². The number of rotatable bonds is 4. The van der Waals surface area contributed by atoms with Crippen molar-refractivity contribution in [3.8, 4) is 17.1 Å². The van der Waals surface area contributed by atoms with Crippen LogP contribution in [0.2, 0.25) is 0 Å². The van der Waals surface area contributed by atoms with Crippen molar-refractivity contribution in [1.29, 1.82) is 0 Å². The number of carbonyl (C=O) groups excluding carboxylic acids is 1. The van der Waals surface area contributed by atoms with Gasteiger partial charge in [0.2, 0.25) is 0 Å². The van der Waals surface area contributed by atoms with Crippen LogP contribution in [0.25, 0.3) is 11.4 Å². The first-order valence-electron chi connectivity index (χ1n) is 7.54. The van der Waals surface area contributed by atoms with Crippen molar-refractivity contribution in [2.75, 3.05) is 7.05 Å². The van der Waals surface area contributed by atoms with Crippen LogP contribution in [0.15, 0.2) is 67.0 Å². The number of phenolic OH excluding ortho intramolecular Hbond substituents is 1. The molecule has 0 spiro atoms. The third kappa shape index (κ3) is 3.57. The predicted octanol–water partition coefficient (Wildman–Crippen LogP) is 3.12. The van der Waals surface area contributed by atoms with Crippen molar-refractivity contribution >= 4 is 5.91 Å². The Morgan fingerprint density at radius 2 is 1.75 bits per heavy atom. The first-order chi connectivity index (χ1) is 11.6. The Balaban J connectivity index is 1.72. The maximum atomic E-state index is 12.5. The van der Waals surface area contributed by atoms with Gasteiger partial charge in [-0.05, 0) is 17.7 Å². The zero-order valence-electron chi connectivity index (χ0n) is 13.3. The topological polar surface area (TPSA) is 66.3 Å². The molecule has 3 aromatic rings. The highest BCUT2D eigenvalue weighted by atomic mass is 16.3. The first-order valence-corrected chi connectivity index (χ1v) is 7.54. The molecule has 3 rings (SSSR count). The van der Waals surface area contributed by atoms with Crippen molar-refractivity contribution in [1.82, 2.24) is 14.9 Å². The fourth-order valence-corrected chi connectivity index (χ4v) is 2.40. The van der Waals surface area contributed by atoms with Crippen LogP contribution in [-0.2, 0) is 6.54 Å². The molecule has 0 aliphatic rings. The highest BCUT2D eigenvalue weighted by molar-refractivity contribution is 5.93. The number of nitrogens with zero attached hydrogens (tertiary/aromatic N) is 3. The van der Waals surface area contributed by atoms with Crippen molar-refractivity contribution in [3.63, 3.8) is 0 Å². The average molecular weight is 319 g/mol. The number of phenols is 1. The molecular formula is C19H17N3O2. The number of hydrogen-bond acceptors (Lipinski definition) is 4. The van der Waals surface area contributed by atoms with Gasteiger partial charge in [0.05, 0.1) is 5.56 Å². The lowest BCUT2D eigenvalue weighted by molar-refractivity contribution is 0.0784. The Kier molecular flexibility index (Phi) is 4.52. The fraction of sp³-hybridized carbons (Fsp3) is 0.105. The number of hydrogen-bond donors (Lipinski definition) is 1. The summed E-state index contributed by atoms with van der Waals surface area (Å²) in [5, 5.41) is 9.50. The normalized spacial score (nSPS) is 10.4. The molecule has 0 unspecified atom stereocenters. The summed E-state index contributed by atoms with van der Waals surface area (Å²) >= 11 is 0. The lowest BCUT2D eigenvalue weighted by Gasteiger charge is -2.17. The van der Waals surface area contributed by atoms with Gasteiger partial charge in [0.15, 0.2) is 5.82 Å². The lowest BCUT2D eigenvalue weighted by atomic mass is 10.2. The van der Waals surface area contributed by atoms with Crippen LogP contribution >= 0.6 is 0 Å². The number of amides is 1. The summed E-state index contributed by atoms with van der Waals surface area (Å²) in [6, 6.07) is 16.5. The number of benzene rings is 2. The van der Waals surface area contributed by atoms with Crippen molar-refractivity contribution in [2.24, 2.45) is 0 Å². The highest BCUT2D eigenvalue weighted by Crippen LogP contribution is 2.15. The standard InChI is InChI=1S/C19H17N3O2/c1-22(13-14-6-5-9-17(23)10-14)19(24)16-11-20-18(21-12-16)15-7-3-2-4-8-15/h2-12,23H,13H2,1H3. The van der Waals surface area contributed by atoms with E-state index >= 15 is 0 Å². The minimum absolute atomic E-state index is 0.169. The van der Waals surface area contributed by atoms with Gasteiger partial charge < -0.3 is 10.0 Å². The van der Waals surface area contributed by atoms with E-state index in [9.17, 15) is 9.90 Å². The van der Waals surface area contributed by atoms with E-state index in [0.29, 0.717) is 17.9 Å². The van der Waals surface area contributed by atoms with Crippen LogP contribution in [0.3, 0.4) is 0 Å². The molecule has 2 aromatic carbocycles. The molecule has 120 valence electrons. The van der Waals surface area contributed by atoms with E-state index in [1.807, 2.05) is 36.4 Å². The SMILES string of the molecule is CN(Cc1cccc(O)c1)C(=O)c1cnc(-c2ccccc2)nc1. The van der Waals surface area contributed by atoms with Crippen molar-refractivity contribution in [3.05, 3.63) is 78.1 Å². The molecule has 0 saturated carbocycles. The number of aromatic hydroxyl groups is 1. The molecule has 0 bridgehead atoms. The zero-order valence-corrected chi connectivity index (χ0v) is 13.3. The minimum atomic E-state index is -0.169. The van der Waals surface area contributed by atoms with E-state index in [1.54, 1.807) is 30.1 Å². The molecular weight excluding hydrogens is 302 g/mol. The molecule has 0 atom stereocenters. The van der Waals surface area contributed by atoms with Gasteiger partial charge in [-0.3, -0.25) is 4.79 Å². The molecule has 5 nitrogen and oxygen atoms in total. The second-order valence-electron chi connectivity index (χ2n) is 5.49. The molecule has 1 aromatic heterocycles. The molecule has 5 heteroatoms. The maximum absolute atomic E-state index is 12.5. The number of aromatic nitrogens is 2. The van der Waals surface area contributed by atoms with E-state index in [0.717, 1.165) is 11.1 Å². The molecule has 1 amide bonds. The summed E-state index contributed by atoms with van der Waals surface area (Å²) in [5.41, 5.74) is 2.19. The molecule has 1 heterocycles. The van der Waals surface area contributed by atoms with Crippen LogP contribution in [0.1, 0.15) is 15.9 Å². The van der Waals surface area contributed by atoms with Crippen molar-refractivity contribution in [2.45, 2.75) is 6.54 Å². The summed E-state index contributed by atoms with van der Waals surface area (Å²) in [4.78, 5) is 22.6. The second kappa shape index (κ2) is 6.91. The monoisotopic (exact) mass is 319 g/mol. The Hall–Kier alpha value is -3.21. The molecule has 1 N–H and O–H groups in total. The summed E-state index contributed by atoms with van der Waals surface area (Å²) in [7, 11) is 1.71. The van der Waals surface area contributed by atoms with E-state index in [4.69, 9.17) is 0 Å². The summed E-state index contributed by atoms with van der Waals surface area (Å²) < 4.78 is 0. The molecule has 24 heavy (non-hydrogen) atoms. The van der Waals surface area contributed by atoms with Crippen molar-refractivity contribution < 1.29 is 9.90 Å². The Bertz CT molecular complexity index is 833. The largest absolute Gasteiger partial charge is 0.508 e. The Morgan fingerprint density at radius 1 is 1.04 bits per heavy atom. The zero-order chi connectivity index (χ0) is 16.9. The molecule has 0 saturated heterocycles. The molecule has 0 aliphatic heterocycles. The lowest BCUT2D eigenvalue weighted by Crippen LogP contribution is -2.26. The number of carbonyl (C=O) groups is 1. The summed E-state index contributed by atoms with van der Waals surface area (Å²) in [5.74, 6) is 0.602. The maximum Gasteiger partial charge on any atom is 0.257 e. The van der Waals surface area contributed by atoms with Crippen LogP contribution in [-0.4, -0.2) is 32.9 Å². The predicted molar refractivity (Wildman–Crippen MR) is 91.4 cm³/mol. The van der Waals surface area contributed by atoms with Gasteiger partial charge >= 0.3 is 0 Å². The van der Waals surface area contributed by atoms with E-state index in [2.05, 4.69) is 9.97 Å². The average Bonchev–Trinajstić information content (AvgIpc) is 2.62. The van der Waals surface area contributed by atoms with E-state index in [-0.39, 0.29) is 11.7 Å². The van der Waals surface area contributed by atoms with E-state index in [1.165, 1.54) is 12.4 Å². The minimum Gasteiger partial charge on any atom is -0.508 e. The third-order valence-corrected chi connectivity index (χ3v) is 3.61. The Labute approximate surface area is 140 Å². The van der Waals surface area contributed by atoms with Gasteiger partial charge in [-0.25, -0.2) is 9.97 Å². The first kappa shape index (κ1) is 15.7. The smallest absolute Gasteiger partial charge is 0.257 e. The van der Waals surface area contributed by atoms with Crippen LogP contribution < -0.4 is 0 Å². The molecule has 0 fully saturated rings. The van der Waals surface area contributed by atoms with Gasteiger partial charge in [-0.2, -0.15) is 0 Å². The van der Waals surface area contributed by atoms with Gasteiger partial charge in [0, 0.05) is 31.5 Å².